The number of rotatable bonds is 17. The molecule has 3 heteroatoms. The van der Waals surface area contributed by atoms with Crippen molar-refractivity contribution in [2.24, 2.45) is 0 Å². The van der Waals surface area contributed by atoms with Gasteiger partial charge >= 0.3 is 5.97 Å². The Morgan fingerprint density at radius 3 is 1.51 bits per heavy atom. The van der Waals surface area contributed by atoms with E-state index in [4.69, 9.17) is 4.74 Å². The summed E-state index contributed by atoms with van der Waals surface area (Å²) in [5.74, 6) is 0.269. The fourth-order valence-corrected chi connectivity index (χ4v) is 4.61. The predicted molar refractivity (Wildman–Crippen MR) is 150 cm³/mol. The number of carbonyl (C=O) groups excluding carboxylic acids is 1. The van der Waals surface area contributed by atoms with Gasteiger partial charge in [-0.15, -0.1) is 0 Å². The van der Waals surface area contributed by atoms with Crippen LogP contribution in [0.4, 0.5) is 0 Å². The van der Waals surface area contributed by atoms with Crippen LogP contribution in [0.3, 0.4) is 0 Å². The maximum Gasteiger partial charge on any atom is 0.306 e. The minimum absolute atomic E-state index is 0.119. The van der Waals surface area contributed by atoms with Gasteiger partial charge in [0.2, 0.25) is 0 Å². The summed E-state index contributed by atoms with van der Waals surface area (Å²) in [5, 5.41) is 10.9. The first-order valence-corrected chi connectivity index (χ1v) is 14.5. The molecular weight excluding hydrogens is 432 g/mol. The fourth-order valence-electron chi connectivity index (χ4n) is 4.61. The maximum absolute atomic E-state index is 12.3. The van der Waals surface area contributed by atoms with Crippen LogP contribution < -0.4 is 0 Å². The summed E-state index contributed by atoms with van der Waals surface area (Å²) in [6.07, 6.45) is 18.1. The van der Waals surface area contributed by atoms with E-state index in [-0.39, 0.29) is 16.8 Å². The molecule has 0 heterocycles. The Morgan fingerprint density at radius 2 is 1.11 bits per heavy atom. The molecule has 1 aromatic carbocycles. The Hall–Kier alpha value is -1.51. The van der Waals surface area contributed by atoms with Crippen molar-refractivity contribution in [3.05, 3.63) is 28.8 Å². The van der Waals surface area contributed by atoms with Gasteiger partial charge in [-0.2, -0.15) is 0 Å². The molecular formula is C32H56O3. The highest BCUT2D eigenvalue weighted by Gasteiger charge is 2.26. The number of aromatic hydroxyl groups is 1. The molecule has 0 amide bonds. The lowest BCUT2D eigenvalue weighted by molar-refractivity contribution is -0.143. The van der Waals surface area contributed by atoms with Gasteiger partial charge in [0, 0.05) is 6.42 Å². The first-order valence-electron chi connectivity index (χ1n) is 14.5. The second kappa shape index (κ2) is 16.3. The number of ether oxygens (including phenoxy) is 1. The topological polar surface area (TPSA) is 46.5 Å². The largest absolute Gasteiger partial charge is 0.507 e. The van der Waals surface area contributed by atoms with Crippen LogP contribution in [0.5, 0.6) is 5.75 Å². The molecule has 1 aromatic rings. The highest BCUT2D eigenvalue weighted by atomic mass is 16.5. The summed E-state index contributed by atoms with van der Waals surface area (Å²) in [5.41, 5.74) is 2.67. The Kier molecular flexibility index (Phi) is 14.7. The molecule has 0 unspecified atom stereocenters. The molecule has 0 radical (unpaired) electrons. The van der Waals surface area contributed by atoms with Crippen LogP contribution in [-0.2, 0) is 26.8 Å². The lowest BCUT2D eigenvalue weighted by Gasteiger charge is -2.28. The molecule has 0 spiro atoms. The minimum Gasteiger partial charge on any atom is -0.507 e. The van der Waals surface area contributed by atoms with Crippen LogP contribution in [0.1, 0.15) is 155 Å². The van der Waals surface area contributed by atoms with Crippen molar-refractivity contribution in [2.45, 2.75) is 156 Å². The number of aryl methyl sites for hydroxylation is 1. The van der Waals surface area contributed by atoms with E-state index in [2.05, 4.69) is 60.6 Å². The molecule has 0 aliphatic carbocycles. The van der Waals surface area contributed by atoms with Crippen molar-refractivity contribution >= 4 is 5.97 Å². The van der Waals surface area contributed by atoms with Crippen molar-refractivity contribution in [1.82, 2.24) is 0 Å². The zero-order valence-electron chi connectivity index (χ0n) is 24.2. The lowest BCUT2D eigenvalue weighted by atomic mass is 9.78. The Morgan fingerprint density at radius 1 is 0.714 bits per heavy atom. The van der Waals surface area contributed by atoms with Gasteiger partial charge in [-0.25, -0.2) is 0 Å². The molecule has 0 aliphatic heterocycles. The number of carbonyl (C=O) groups is 1. The third-order valence-electron chi connectivity index (χ3n) is 6.91. The zero-order valence-corrected chi connectivity index (χ0v) is 24.2. The first kappa shape index (κ1) is 31.5. The summed E-state index contributed by atoms with van der Waals surface area (Å²) in [4.78, 5) is 12.3. The van der Waals surface area contributed by atoms with Crippen molar-refractivity contribution in [2.75, 3.05) is 6.61 Å². The molecule has 0 saturated carbocycles. The van der Waals surface area contributed by atoms with Gasteiger partial charge in [-0.05, 0) is 40.4 Å². The van der Waals surface area contributed by atoms with Crippen molar-refractivity contribution in [1.29, 1.82) is 0 Å². The van der Waals surface area contributed by atoms with E-state index in [9.17, 15) is 9.90 Å². The molecule has 0 saturated heterocycles. The fraction of sp³-hybridized carbons (Fsp3) is 0.781. The molecule has 1 N–H and O–H groups in total. The Bertz CT molecular complexity index is 686. The van der Waals surface area contributed by atoms with E-state index in [0.717, 1.165) is 29.5 Å². The van der Waals surface area contributed by atoms with E-state index in [1.807, 2.05) is 0 Å². The van der Waals surface area contributed by atoms with E-state index in [1.54, 1.807) is 0 Å². The first-order chi connectivity index (χ1) is 16.5. The smallest absolute Gasteiger partial charge is 0.306 e. The lowest BCUT2D eigenvalue weighted by Crippen LogP contribution is -2.18. The van der Waals surface area contributed by atoms with Gasteiger partial charge in [0.25, 0.3) is 0 Å². The van der Waals surface area contributed by atoms with Gasteiger partial charge in [0.05, 0.1) is 6.61 Å². The summed E-state index contributed by atoms with van der Waals surface area (Å²) in [6, 6.07) is 4.12. The summed E-state index contributed by atoms with van der Waals surface area (Å²) in [6.45, 7) is 15.5. The van der Waals surface area contributed by atoms with E-state index in [1.165, 1.54) is 70.6 Å². The van der Waals surface area contributed by atoms with E-state index >= 15 is 0 Å². The monoisotopic (exact) mass is 488 g/mol. The highest BCUT2D eigenvalue weighted by Crippen LogP contribution is 2.40. The Balaban J connectivity index is 2.24. The minimum atomic E-state index is -0.158. The average Bonchev–Trinajstić information content (AvgIpc) is 2.77. The number of phenolic OH excluding ortho intramolecular Hbond substituents is 1. The summed E-state index contributed by atoms with van der Waals surface area (Å²) < 4.78 is 5.49. The van der Waals surface area contributed by atoms with Gasteiger partial charge in [-0.3, -0.25) is 4.79 Å². The number of hydrogen-bond acceptors (Lipinski definition) is 3. The zero-order chi connectivity index (χ0) is 26.3. The van der Waals surface area contributed by atoms with Crippen LogP contribution in [0.25, 0.3) is 0 Å². The van der Waals surface area contributed by atoms with Gasteiger partial charge in [0.1, 0.15) is 5.75 Å². The van der Waals surface area contributed by atoms with Crippen LogP contribution in [0.2, 0.25) is 0 Å². The van der Waals surface area contributed by atoms with Crippen molar-refractivity contribution in [3.63, 3.8) is 0 Å². The number of hydrogen-bond donors (Lipinski definition) is 1. The molecule has 35 heavy (non-hydrogen) atoms. The van der Waals surface area contributed by atoms with Crippen molar-refractivity contribution < 1.29 is 14.6 Å². The third-order valence-corrected chi connectivity index (χ3v) is 6.91. The van der Waals surface area contributed by atoms with Gasteiger partial charge in [-0.1, -0.05) is 138 Å². The van der Waals surface area contributed by atoms with Crippen LogP contribution in [0.15, 0.2) is 12.1 Å². The SMILES string of the molecule is CCCCCCCCCCCCCCCOC(=O)CCc1cc(C(C)(C)C)c(O)c(C(C)(C)C)c1. The number of benzene rings is 1. The number of esters is 1. The molecule has 3 nitrogen and oxygen atoms in total. The van der Waals surface area contributed by atoms with E-state index < -0.39 is 0 Å². The summed E-state index contributed by atoms with van der Waals surface area (Å²) in [7, 11) is 0. The van der Waals surface area contributed by atoms with Crippen LogP contribution in [-0.4, -0.2) is 17.7 Å². The molecule has 202 valence electrons. The van der Waals surface area contributed by atoms with Gasteiger partial charge < -0.3 is 9.84 Å². The second-order valence-electron chi connectivity index (χ2n) is 12.5. The average molecular weight is 489 g/mol. The number of phenols is 1. The number of unbranched alkanes of at least 4 members (excludes halogenated alkanes) is 12. The summed E-state index contributed by atoms with van der Waals surface area (Å²) >= 11 is 0. The predicted octanol–water partition coefficient (Wildman–Crippen LogP) is 9.55. The quantitative estimate of drug-likeness (QED) is 0.175. The Labute approximate surface area is 217 Å². The third kappa shape index (κ3) is 13.4. The van der Waals surface area contributed by atoms with Crippen LogP contribution in [0, 0.1) is 0 Å². The second-order valence-corrected chi connectivity index (χ2v) is 12.5. The van der Waals surface area contributed by atoms with Gasteiger partial charge in [0.15, 0.2) is 0 Å². The van der Waals surface area contributed by atoms with Crippen LogP contribution >= 0.6 is 0 Å². The standard InChI is InChI=1S/C32H56O3/c1-8-9-10-11-12-13-14-15-16-17-18-19-20-23-35-29(33)22-21-26-24-27(31(2,3)4)30(34)28(25-26)32(5,6)7/h24-25,34H,8-23H2,1-7H3. The molecule has 0 atom stereocenters. The maximum atomic E-state index is 12.3. The molecule has 0 bridgehead atoms. The normalized spacial score (nSPS) is 12.2. The molecule has 0 aliphatic rings. The van der Waals surface area contributed by atoms with Crippen molar-refractivity contribution in [3.8, 4) is 5.75 Å². The molecule has 0 aromatic heterocycles. The molecule has 1 rings (SSSR count). The highest BCUT2D eigenvalue weighted by molar-refractivity contribution is 5.69. The van der Waals surface area contributed by atoms with E-state index in [0.29, 0.717) is 25.2 Å². The molecule has 0 fully saturated rings.